The number of amides is 1. The summed E-state index contributed by atoms with van der Waals surface area (Å²) in [5.41, 5.74) is 3.60. The maximum atomic E-state index is 11.0. The summed E-state index contributed by atoms with van der Waals surface area (Å²) < 4.78 is 0. The molecule has 2 rings (SSSR count). The van der Waals surface area contributed by atoms with Crippen LogP contribution in [-0.2, 0) is 6.42 Å². The van der Waals surface area contributed by atoms with Gasteiger partial charge in [-0.2, -0.15) is 0 Å². The fourth-order valence-electron chi connectivity index (χ4n) is 2.66. The fourth-order valence-corrected chi connectivity index (χ4v) is 2.66. The highest BCUT2D eigenvalue weighted by atomic mass is 16.4. The molecule has 4 nitrogen and oxygen atoms in total. The van der Waals surface area contributed by atoms with E-state index in [4.69, 9.17) is 11.5 Å². The number of rotatable bonds is 4. The van der Waals surface area contributed by atoms with Crippen LogP contribution in [0.2, 0.25) is 0 Å². The average Bonchev–Trinajstić information content (AvgIpc) is 2.85. The van der Waals surface area contributed by atoms with Gasteiger partial charge in [0.05, 0.1) is 12.6 Å². The Hall–Kier alpha value is -1.99. The van der Waals surface area contributed by atoms with Crippen LogP contribution in [-0.4, -0.2) is 29.7 Å². The van der Waals surface area contributed by atoms with E-state index in [0.29, 0.717) is 6.54 Å². The Morgan fingerprint density at radius 2 is 2.40 bits per heavy atom. The second kappa shape index (κ2) is 5.98. The minimum absolute atomic E-state index is 0.160. The molecular weight excluding hydrogens is 252 g/mol. The van der Waals surface area contributed by atoms with Crippen LogP contribution in [0, 0.1) is 12.3 Å². The third kappa shape index (κ3) is 2.78. The van der Waals surface area contributed by atoms with E-state index in [2.05, 4.69) is 23.4 Å². The summed E-state index contributed by atoms with van der Waals surface area (Å²) in [6.07, 6.45) is 6.46. The number of carbonyl (C=O) groups is 1. The highest BCUT2D eigenvalue weighted by Crippen LogP contribution is 2.33. The topological polar surface area (TPSA) is 52.6 Å². The van der Waals surface area contributed by atoms with Crippen LogP contribution in [0.5, 0.6) is 0 Å². The minimum atomic E-state index is -0.917. The van der Waals surface area contributed by atoms with E-state index >= 15 is 0 Å². The van der Waals surface area contributed by atoms with Crippen LogP contribution in [0.4, 0.5) is 4.79 Å². The van der Waals surface area contributed by atoms with Gasteiger partial charge < -0.3 is 10.0 Å². The molecule has 0 heterocycles. The van der Waals surface area contributed by atoms with Crippen molar-refractivity contribution in [2.75, 3.05) is 13.6 Å². The van der Waals surface area contributed by atoms with Crippen LogP contribution in [0.25, 0.3) is 0 Å². The van der Waals surface area contributed by atoms with E-state index in [1.54, 1.807) is 7.05 Å². The fraction of sp³-hybridized carbons (Fsp3) is 0.438. The second-order valence-corrected chi connectivity index (χ2v) is 5.20. The molecule has 0 radical (unpaired) electrons. The molecule has 20 heavy (non-hydrogen) atoms. The molecule has 4 heteroatoms. The normalized spacial score (nSPS) is 18.1. The van der Waals surface area contributed by atoms with Crippen molar-refractivity contribution in [1.82, 2.24) is 10.2 Å². The Labute approximate surface area is 119 Å². The summed E-state index contributed by atoms with van der Waals surface area (Å²) in [6, 6.07) is 6.36. The van der Waals surface area contributed by atoms with Gasteiger partial charge in [-0.1, -0.05) is 24.1 Å². The monoisotopic (exact) mass is 272 g/mol. The Morgan fingerprint density at radius 3 is 3.05 bits per heavy atom. The van der Waals surface area contributed by atoms with Crippen molar-refractivity contribution in [2.45, 2.75) is 31.8 Å². The van der Waals surface area contributed by atoms with E-state index in [-0.39, 0.29) is 12.1 Å². The molecule has 1 aliphatic rings. The standard InChI is InChI=1S/C16H20N2O2/c1-4-9-17-15-8-7-12-5-6-13(10-14(12)15)11(2)18(3)16(19)20/h1,5-6,10-11,15,17H,7-9H2,2-3H3,(H,19,20)/t11-,15-/m1/s1. The summed E-state index contributed by atoms with van der Waals surface area (Å²) in [5.74, 6) is 2.60. The highest BCUT2D eigenvalue weighted by molar-refractivity contribution is 5.65. The van der Waals surface area contributed by atoms with Crippen LogP contribution in [0.1, 0.15) is 42.1 Å². The van der Waals surface area contributed by atoms with Gasteiger partial charge in [-0.15, -0.1) is 6.42 Å². The molecule has 0 bridgehead atoms. The molecule has 0 unspecified atom stereocenters. The number of terminal acetylenes is 1. The lowest BCUT2D eigenvalue weighted by molar-refractivity contribution is 0.142. The van der Waals surface area contributed by atoms with Gasteiger partial charge in [0.25, 0.3) is 0 Å². The zero-order valence-electron chi connectivity index (χ0n) is 11.9. The first-order valence-electron chi connectivity index (χ1n) is 6.80. The van der Waals surface area contributed by atoms with Crippen molar-refractivity contribution in [2.24, 2.45) is 0 Å². The number of aryl methyl sites for hydroxylation is 1. The van der Waals surface area contributed by atoms with Crippen molar-refractivity contribution in [1.29, 1.82) is 0 Å². The summed E-state index contributed by atoms with van der Waals surface area (Å²) in [4.78, 5) is 12.4. The lowest BCUT2D eigenvalue weighted by atomic mass is 10.00. The van der Waals surface area contributed by atoms with Crippen LogP contribution in [0.15, 0.2) is 18.2 Å². The molecule has 0 fully saturated rings. The van der Waals surface area contributed by atoms with Gasteiger partial charge in [0, 0.05) is 13.1 Å². The van der Waals surface area contributed by atoms with Gasteiger partial charge in [0.15, 0.2) is 0 Å². The number of hydrogen-bond acceptors (Lipinski definition) is 2. The van der Waals surface area contributed by atoms with Gasteiger partial charge in [-0.05, 0) is 36.5 Å². The number of hydrogen-bond donors (Lipinski definition) is 2. The number of nitrogens with zero attached hydrogens (tertiary/aromatic N) is 1. The molecule has 1 aromatic carbocycles. The van der Waals surface area contributed by atoms with Gasteiger partial charge in [0.2, 0.25) is 0 Å². The first-order chi connectivity index (χ1) is 9.54. The number of nitrogens with one attached hydrogen (secondary N) is 1. The van der Waals surface area contributed by atoms with E-state index in [1.807, 2.05) is 13.0 Å². The zero-order chi connectivity index (χ0) is 14.7. The number of carboxylic acid groups (broad SMARTS) is 1. The molecule has 1 aromatic rings. The number of fused-ring (bicyclic) bond motifs is 1. The van der Waals surface area contributed by atoms with Gasteiger partial charge in [0.1, 0.15) is 0 Å². The summed E-state index contributed by atoms with van der Waals surface area (Å²) in [6.45, 7) is 2.45. The van der Waals surface area contributed by atoms with Crippen molar-refractivity contribution < 1.29 is 9.90 Å². The van der Waals surface area contributed by atoms with Gasteiger partial charge in [-0.3, -0.25) is 5.32 Å². The maximum Gasteiger partial charge on any atom is 0.407 e. The molecule has 106 valence electrons. The third-order valence-corrected chi connectivity index (χ3v) is 4.06. The Bertz CT molecular complexity index is 548. The highest BCUT2D eigenvalue weighted by Gasteiger charge is 2.24. The molecule has 0 spiro atoms. The maximum absolute atomic E-state index is 11.0. The smallest absolute Gasteiger partial charge is 0.407 e. The zero-order valence-corrected chi connectivity index (χ0v) is 11.9. The molecule has 2 atom stereocenters. The molecule has 0 aromatic heterocycles. The van der Waals surface area contributed by atoms with Crippen molar-refractivity contribution >= 4 is 6.09 Å². The van der Waals surface area contributed by atoms with Crippen molar-refractivity contribution in [3.63, 3.8) is 0 Å². The molecule has 1 aliphatic carbocycles. The molecule has 2 N–H and O–H groups in total. The van der Waals surface area contributed by atoms with Crippen molar-refractivity contribution in [3.8, 4) is 12.3 Å². The molecule has 0 saturated carbocycles. The van der Waals surface area contributed by atoms with E-state index < -0.39 is 6.09 Å². The molecular formula is C16H20N2O2. The Balaban J connectivity index is 2.23. The largest absolute Gasteiger partial charge is 0.465 e. The molecule has 0 aliphatic heterocycles. The van der Waals surface area contributed by atoms with Gasteiger partial charge in [-0.25, -0.2) is 4.79 Å². The van der Waals surface area contributed by atoms with Crippen LogP contribution < -0.4 is 5.32 Å². The third-order valence-electron chi connectivity index (χ3n) is 4.06. The summed E-state index contributed by atoms with van der Waals surface area (Å²) in [7, 11) is 1.59. The lowest BCUT2D eigenvalue weighted by Gasteiger charge is -2.23. The Morgan fingerprint density at radius 1 is 1.65 bits per heavy atom. The second-order valence-electron chi connectivity index (χ2n) is 5.20. The van der Waals surface area contributed by atoms with E-state index in [1.165, 1.54) is 16.0 Å². The quantitative estimate of drug-likeness (QED) is 0.828. The minimum Gasteiger partial charge on any atom is -0.465 e. The summed E-state index contributed by atoms with van der Waals surface area (Å²) in [5, 5.41) is 12.4. The van der Waals surface area contributed by atoms with Crippen LogP contribution >= 0.6 is 0 Å². The lowest BCUT2D eigenvalue weighted by Crippen LogP contribution is -2.28. The molecule has 1 amide bonds. The predicted molar refractivity (Wildman–Crippen MR) is 78.5 cm³/mol. The first kappa shape index (κ1) is 14.4. The molecule has 0 saturated heterocycles. The predicted octanol–water partition coefficient (Wildman–Crippen LogP) is 2.57. The SMILES string of the molecule is C#CCN[C@@H]1CCc2ccc([C@@H](C)N(C)C(=O)O)cc21. The average molecular weight is 272 g/mol. The van der Waals surface area contributed by atoms with Crippen LogP contribution in [0.3, 0.4) is 0 Å². The first-order valence-corrected chi connectivity index (χ1v) is 6.80. The van der Waals surface area contributed by atoms with Crippen molar-refractivity contribution in [3.05, 3.63) is 34.9 Å². The van der Waals surface area contributed by atoms with E-state index in [0.717, 1.165) is 18.4 Å². The Kier molecular flexibility index (Phi) is 4.31. The van der Waals surface area contributed by atoms with Gasteiger partial charge >= 0.3 is 6.09 Å². The summed E-state index contributed by atoms with van der Waals surface area (Å²) >= 11 is 0. The van der Waals surface area contributed by atoms with E-state index in [9.17, 15) is 4.79 Å². The number of benzene rings is 1.